The Hall–Kier alpha value is -2.38. The van der Waals surface area contributed by atoms with Crippen LogP contribution in [0.4, 0.5) is 17.6 Å². The van der Waals surface area contributed by atoms with Crippen LogP contribution < -0.4 is 5.43 Å². The number of hydrogen-bond acceptors (Lipinski definition) is 2. The number of pyridine rings is 1. The lowest BCUT2D eigenvalue weighted by Gasteiger charge is -2.15. The quantitative estimate of drug-likeness (QED) is 0.868. The van der Waals surface area contributed by atoms with Gasteiger partial charge in [0.15, 0.2) is 0 Å². The minimum atomic E-state index is -4.61. The molecule has 0 aliphatic rings. The molecule has 4 nitrogen and oxygen atoms in total. The molecule has 0 fully saturated rings. The van der Waals surface area contributed by atoms with Gasteiger partial charge < -0.3 is 9.67 Å². The van der Waals surface area contributed by atoms with E-state index in [2.05, 4.69) is 0 Å². The minimum absolute atomic E-state index is 0.0564. The molecule has 2 rings (SSSR count). The van der Waals surface area contributed by atoms with Crippen molar-refractivity contribution < 1.29 is 27.5 Å². The molecule has 0 unspecified atom stereocenters. The standard InChI is InChI=1S/C13H9F4NO3/c1-6-2-10-7(3-9(6)14)11(19)8(12(20)21)4-18(10)5-13(15,16)17/h2-4H,5H2,1H3,(H,20,21). The fourth-order valence-corrected chi connectivity index (χ4v) is 1.99. The number of halogens is 4. The van der Waals surface area contributed by atoms with Crippen LogP contribution in [-0.4, -0.2) is 21.8 Å². The Balaban J connectivity index is 2.88. The Morgan fingerprint density at radius 2 is 1.95 bits per heavy atom. The molecule has 1 aromatic heterocycles. The lowest BCUT2D eigenvalue weighted by atomic mass is 10.1. The van der Waals surface area contributed by atoms with Crippen LogP contribution in [0.25, 0.3) is 10.9 Å². The van der Waals surface area contributed by atoms with Gasteiger partial charge in [-0.1, -0.05) is 0 Å². The molecule has 0 spiro atoms. The first-order valence-electron chi connectivity index (χ1n) is 5.73. The molecule has 0 saturated heterocycles. The van der Waals surface area contributed by atoms with Crippen LogP contribution in [0.3, 0.4) is 0 Å². The maximum Gasteiger partial charge on any atom is 0.406 e. The number of benzene rings is 1. The van der Waals surface area contributed by atoms with Crippen molar-refractivity contribution in [2.24, 2.45) is 0 Å². The summed E-state index contributed by atoms with van der Waals surface area (Å²) in [6.45, 7) is -0.141. The van der Waals surface area contributed by atoms with E-state index in [1.807, 2.05) is 0 Å². The summed E-state index contributed by atoms with van der Waals surface area (Å²) in [5.41, 5.74) is -1.97. The second-order valence-electron chi connectivity index (χ2n) is 4.54. The zero-order valence-electron chi connectivity index (χ0n) is 10.7. The van der Waals surface area contributed by atoms with Crippen LogP contribution in [-0.2, 0) is 6.54 Å². The van der Waals surface area contributed by atoms with Gasteiger partial charge in [-0.2, -0.15) is 13.2 Å². The van der Waals surface area contributed by atoms with E-state index in [0.717, 1.165) is 12.1 Å². The highest BCUT2D eigenvalue weighted by Gasteiger charge is 2.29. The van der Waals surface area contributed by atoms with Crippen molar-refractivity contribution in [3.8, 4) is 0 Å². The van der Waals surface area contributed by atoms with Gasteiger partial charge in [-0.25, -0.2) is 9.18 Å². The first-order chi connectivity index (χ1) is 9.60. The zero-order valence-corrected chi connectivity index (χ0v) is 10.7. The number of carboxylic acids is 1. The van der Waals surface area contributed by atoms with Gasteiger partial charge in [0.25, 0.3) is 0 Å². The third kappa shape index (κ3) is 2.88. The van der Waals surface area contributed by atoms with Crippen LogP contribution in [0, 0.1) is 12.7 Å². The van der Waals surface area contributed by atoms with Gasteiger partial charge in [0.2, 0.25) is 5.43 Å². The van der Waals surface area contributed by atoms with Gasteiger partial charge in [0.05, 0.1) is 5.52 Å². The molecule has 0 aliphatic heterocycles. The summed E-state index contributed by atoms with van der Waals surface area (Å²) < 4.78 is 51.8. The number of carbonyl (C=O) groups is 1. The van der Waals surface area contributed by atoms with E-state index in [1.165, 1.54) is 6.92 Å². The molecule has 21 heavy (non-hydrogen) atoms. The van der Waals surface area contributed by atoms with E-state index in [0.29, 0.717) is 10.8 Å². The molecule has 1 N–H and O–H groups in total. The Morgan fingerprint density at radius 3 is 2.48 bits per heavy atom. The number of aromatic carboxylic acids is 1. The van der Waals surface area contributed by atoms with E-state index in [1.54, 1.807) is 0 Å². The van der Waals surface area contributed by atoms with Gasteiger partial charge in [-0.3, -0.25) is 4.79 Å². The Morgan fingerprint density at radius 1 is 1.33 bits per heavy atom. The van der Waals surface area contributed by atoms with Crippen molar-refractivity contribution in [1.29, 1.82) is 0 Å². The van der Waals surface area contributed by atoms with Crippen molar-refractivity contribution in [1.82, 2.24) is 4.57 Å². The summed E-state index contributed by atoms with van der Waals surface area (Å²) in [4.78, 5) is 22.9. The van der Waals surface area contributed by atoms with Crippen molar-refractivity contribution in [2.75, 3.05) is 0 Å². The molecule has 0 radical (unpaired) electrons. The Bertz CT molecular complexity index is 793. The number of alkyl halides is 3. The summed E-state index contributed by atoms with van der Waals surface area (Å²) in [6.07, 6.45) is -3.99. The number of carboxylic acid groups (broad SMARTS) is 1. The molecular weight excluding hydrogens is 294 g/mol. The van der Waals surface area contributed by atoms with Crippen molar-refractivity contribution in [2.45, 2.75) is 19.6 Å². The molecule has 112 valence electrons. The number of aryl methyl sites for hydroxylation is 1. The number of nitrogens with zero attached hydrogens (tertiary/aromatic N) is 1. The number of rotatable bonds is 2. The Labute approximate surface area is 115 Å². The van der Waals surface area contributed by atoms with Crippen LogP contribution in [0.15, 0.2) is 23.1 Å². The van der Waals surface area contributed by atoms with Crippen molar-refractivity contribution >= 4 is 16.9 Å². The highest BCUT2D eigenvalue weighted by Crippen LogP contribution is 2.23. The average molecular weight is 303 g/mol. The molecule has 0 bridgehead atoms. The van der Waals surface area contributed by atoms with Gasteiger partial charge in [0.1, 0.15) is 17.9 Å². The van der Waals surface area contributed by atoms with E-state index in [-0.39, 0.29) is 11.1 Å². The normalized spacial score (nSPS) is 11.9. The number of aromatic nitrogens is 1. The SMILES string of the molecule is Cc1cc2c(cc1F)c(=O)c(C(=O)O)cn2CC(F)(F)F. The van der Waals surface area contributed by atoms with Gasteiger partial charge >= 0.3 is 12.1 Å². The maximum absolute atomic E-state index is 13.5. The second kappa shape index (κ2) is 4.87. The van der Waals surface area contributed by atoms with E-state index < -0.39 is 40.9 Å². The van der Waals surface area contributed by atoms with Gasteiger partial charge in [-0.05, 0) is 24.6 Å². The first kappa shape index (κ1) is 15.0. The number of fused-ring (bicyclic) bond motifs is 1. The molecule has 0 atom stereocenters. The summed E-state index contributed by atoms with van der Waals surface area (Å²) >= 11 is 0. The topological polar surface area (TPSA) is 59.3 Å². The van der Waals surface area contributed by atoms with Crippen molar-refractivity contribution in [3.05, 3.63) is 45.5 Å². The average Bonchev–Trinajstić information content (AvgIpc) is 2.33. The minimum Gasteiger partial charge on any atom is -0.477 e. The number of hydrogen-bond donors (Lipinski definition) is 1. The zero-order chi connectivity index (χ0) is 15.9. The monoisotopic (exact) mass is 303 g/mol. The fourth-order valence-electron chi connectivity index (χ4n) is 1.99. The Kier molecular flexibility index (Phi) is 3.48. The summed E-state index contributed by atoms with van der Waals surface area (Å²) in [5.74, 6) is -2.46. The molecule has 0 aliphatic carbocycles. The van der Waals surface area contributed by atoms with Crippen LogP contribution in [0.5, 0.6) is 0 Å². The third-order valence-corrected chi connectivity index (χ3v) is 2.94. The summed E-state index contributed by atoms with van der Waals surface area (Å²) in [5, 5.41) is 8.48. The predicted molar refractivity (Wildman–Crippen MR) is 65.9 cm³/mol. The van der Waals surface area contributed by atoms with Crippen LogP contribution in [0.2, 0.25) is 0 Å². The lowest BCUT2D eigenvalue weighted by Crippen LogP contribution is -2.24. The second-order valence-corrected chi connectivity index (χ2v) is 4.54. The highest BCUT2D eigenvalue weighted by atomic mass is 19.4. The molecule has 1 heterocycles. The lowest BCUT2D eigenvalue weighted by molar-refractivity contribution is -0.140. The smallest absolute Gasteiger partial charge is 0.406 e. The van der Waals surface area contributed by atoms with Crippen LogP contribution >= 0.6 is 0 Å². The van der Waals surface area contributed by atoms with Gasteiger partial charge in [0, 0.05) is 11.6 Å². The molecule has 0 amide bonds. The fraction of sp³-hybridized carbons (Fsp3) is 0.231. The predicted octanol–water partition coefficient (Wildman–Crippen LogP) is 2.71. The van der Waals surface area contributed by atoms with Crippen LogP contribution in [0.1, 0.15) is 15.9 Å². The summed E-state index contributed by atoms with van der Waals surface area (Å²) in [7, 11) is 0. The molecule has 8 heteroatoms. The molecule has 2 aromatic rings. The maximum atomic E-state index is 13.5. The molecule has 0 saturated carbocycles. The summed E-state index contributed by atoms with van der Waals surface area (Å²) in [6, 6.07) is 1.84. The molecule has 1 aromatic carbocycles. The van der Waals surface area contributed by atoms with Crippen molar-refractivity contribution in [3.63, 3.8) is 0 Å². The first-order valence-corrected chi connectivity index (χ1v) is 5.73. The van der Waals surface area contributed by atoms with E-state index >= 15 is 0 Å². The van der Waals surface area contributed by atoms with E-state index in [4.69, 9.17) is 5.11 Å². The highest BCUT2D eigenvalue weighted by molar-refractivity contribution is 5.92. The largest absolute Gasteiger partial charge is 0.477 e. The molecular formula is C13H9F4NO3. The van der Waals surface area contributed by atoms with E-state index in [9.17, 15) is 27.2 Å². The third-order valence-electron chi connectivity index (χ3n) is 2.94. The van der Waals surface area contributed by atoms with Gasteiger partial charge in [-0.15, -0.1) is 0 Å².